The van der Waals surface area contributed by atoms with Crippen LogP contribution in [0, 0.1) is 5.41 Å². The summed E-state index contributed by atoms with van der Waals surface area (Å²) < 4.78 is 20.9. The molecule has 0 atom stereocenters. The molecule has 4 heteroatoms. The Bertz CT molecular complexity index is 1050. The number of rotatable bonds is 5. The molecular formula is C24H23FN2O. The molecule has 3 N–H and O–H groups in total. The molecule has 0 heterocycles. The highest BCUT2D eigenvalue weighted by molar-refractivity contribution is 5.99. The standard InChI is InChI=1S/C24H23FN2O/c25-23(13-16-4-3-7-22(12-16)28-21-5-1-2-6-21)19-10-8-18-15-20(24(26)27)11-9-17(18)14-19/h3-4,7-15,21H,1-2,5-6H2,(H3,26,27). The van der Waals surface area contributed by atoms with Crippen LogP contribution in [0.15, 0.2) is 60.7 Å². The van der Waals surface area contributed by atoms with Gasteiger partial charge in [0, 0.05) is 11.1 Å². The molecular weight excluding hydrogens is 351 g/mol. The number of hydrogen-bond acceptors (Lipinski definition) is 2. The van der Waals surface area contributed by atoms with Gasteiger partial charge in [0.15, 0.2) is 0 Å². The van der Waals surface area contributed by atoms with E-state index in [4.69, 9.17) is 15.9 Å². The van der Waals surface area contributed by atoms with Crippen LogP contribution < -0.4 is 10.5 Å². The third-order valence-electron chi connectivity index (χ3n) is 5.18. The highest BCUT2D eigenvalue weighted by atomic mass is 19.1. The second-order valence-electron chi connectivity index (χ2n) is 7.28. The van der Waals surface area contributed by atoms with Crippen molar-refractivity contribution in [1.82, 2.24) is 0 Å². The van der Waals surface area contributed by atoms with E-state index < -0.39 is 0 Å². The highest BCUT2D eigenvalue weighted by Crippen LogP contribution is 2.28. The van der Waals surface area contributed by atoms with Gasteiger partial charge in [0.2, 0.25) is 0 Å². The fraction of sp³-hybridized carbons (Fsp3) is 0.208. The maximum atomic E-state index is 14.9. The van der Waals surface area contributed by atoms with E-state index in [1.807, 2.05) is 48.5 Å². The lowest BCUT2D eigenvalue weighted by molar-refractivity contribution is 0.210. The Kier molecular flexibility index (Phi) is 5.11. The van der Waals surface area contributed by atoms with Crippen LogP contribution in [0.3, 0.4) is 0 Å². The summed E-state index contributed by atoms with van der Waals surface area (Å²) in [6, 6.07) is 18.5. The Labute approximate surface area is 164 Å². The summed E-state index contributed by atoms with van der Waals surface area (Å²) in [6.07, 6.45) is 6.44. The van der Waals surface area contributed by atoms with Crippen molar-refractivity contribution >= 4 is 28.5 Å². The van der Waals surface area contributed by atoms with Gasteiger partial charge in [-0.25, -0.2) is 4.39 Å². The predicted molar refractivity (Wildman–Crippen MR) is 113 cm³/mol. The molecule has 142 valence electrons. The first-order valence-corrected chi connectivity index (χ1v) is 9.61. The van der Waals surface area contributed by atoms with E-state index >= 15 is 0 Å². The SMILES string of the molecule is N=C(N)c1ccc2cc(C(F)=Cc3cccc(OC4CCCC4)c3)ccc2c1. The molecule has 28 heavy (non-hydrogen) atoms. The maximum absolute atomic E-state index is 14.9. The van der Waals surface area contributed by atoms with Crippen molar-refractivity contribution < 1.29 is 9.13 Å². The second kappa shape index (κ2) is 7.85. The van der Waals surface area contributed by atoms with Crippen molar-refractivity contribution in [2.24, 2.45) is 5.73 Å². The lowest BCUT2D eigenvalue weighted by atomic mass is 10.0. The topological polar surface area (TPSA) is 59.1 Å². The first-order valence-electron chi connectivity index (χ1n) is 9.61. The maximum Gasteiger partial charge on any atom is 0.131 e. The summed E-state index contributed by atoms with van der Waals surface area (Å²) in [6.45, 7) is 0. The average Bonchev–Trinajstić information content (AvgIpc) is 3.20. The first kappa shape index (κ1) is 18.2. The van der Waals surface area contributed by atoms with Crippen LogP contribution in [0.2, 0.25) is 0 Å². The van der Waals surface area contributed by atoms with Gasteiger partial charge in [-0.15, -0.1) is 0 Å². The van der Waals surface area contributed by atoms with E-state index in [2.05, 4.69) is 0 Å². The summed E-state index contributed by atoms with van der Waals surface area (Å²) in [7, 11) is 0. The van der Waals surface area contributed by atoms with Crippen LogP contribution in [-0.2, 0) is 0 Å². The monoisotopic (exact) mass is 374 g/mol. The van der Waals surface area contributed by atoms with Gasteiger partial charge in [-0.05, 0) is 72.4 Å². The molecule has 3 nitrogen and oxygen atoms in total. The van der Waals surface area contributed by atoms with Crippen molar-refractivity contribution in [3.8, 4) is 5.75 Å². The number of halogens is 1. The zero-order valence-corrected chi connectivity index (χ0v) is 15.6. The molecule has 1 aliphatic carbocycles. The molecule has 0 aliphatic heterocycles. The molecule has 3 aromatic carbocycles. The Morgan fingerprint density at radius 1 is 0.964 bits per heavy atom. The number of nitrogens with two attached hydrogens (primary N) is 1. The van der Waals surface area contributed by atoms with Crippen molar-refractivity contribution in [1.29, 1.82) is 5.41 Å². The number of ether oxygens (including phenoxy) is 1. The van der Waals surface area contributed by atoms with E-state index in [0.29, 0.717) is 11.1 Å². The van der Waals surface area contributed by atoms with Crippen molar-refractivity contribution in [2.45, 2.75) is 31.8 Å². The van der Waals surface area contributed by atoms with E-state index in [9.17, 15) is 4.39 Å². The summed E-state index contributed by atoms with van der Waals surface area (Å²) in [5.74, 6) is 0.524. The minimum absolute atomic E-state index is 0.0248. The van der Waals surface area contributed by atoms with Crippen molar-refractivity contribution in [2.75, 3.05) is 0 Å². The van der Waals surface area contributed by atoms with Gasteiger partial charge >= 0.3 is 0 Å². The van der Waals surface area contributed by atoms with Gasteiger partial charge in [0.05, 0.1) is 6.10 Å². The number of benzene rings is 3. The summed E-state index contributed by atoms with van der Waals surface area (Å²) in [5.41, 5.74) is 7.50. The number of hydrogen-bond donors (Lipinski definition) is 2. The highest BCUT2D eigenvalue weighted by Gasteiger charge is 2.16. The van der Waals surface area contributed by atoms with Gasteiger partial charge in [0.25, 0.3) is 0 Å². The average molecular weight is 374 g/mol. The van der Waals surface area contributed by atoms with Crippen LogP contribution in [-0.4, -0.2) is 11.9 Å². The quantitative estimate of drug-likeness (QED) is 0.331. The third-order valence-corrected chi connectivity index (χ3v) is 5.18. The van der Waals surface area contributed by atoms with Crippen molar-refractivity contribution in [3.05, 3.63) is 77.4 Å². The van der Waals surface area contributed by atoms with Crippen LogP contribution in [0.25, 0.3) is 22.7 Å². The Morgan fingerprint density at radius 3 is 2.36 bits per heavy atom. The Balaban J connectivity index is 1.57. The normalized spacial score (nSPS) is 15.1. The van der Waals surface area contributed by atoms with Crippen LogP contribution in [0.1, 0.15) is 42.4 Å². The lowest BCUT2D eigenvalue weighted by Crippen LogP contribution is -2.10. The Hall–Kier alpha value is -3.14. The first-order chi connectivity index (χ1) is 13.6. The van der Waals surface area contributed by atoms with Crippen molar-refractivity contribution in [3.63, 3.8) is 0 Å². The molecule has 0 amide bonds. The fourth-order valence-electron chi connectivity index (χ4n) is 3.67. The number of fused-ring (bicyclic) bond motifs is 1. The molecule has 0 radical (unpaired) electrons. The molecule has 4 rings (SSSR count). The zero-order chi connectivity index (χ0) is 19.5. The van der Waals surface area contributed by atoms with Gasteiger partial charge in [-0.1, -0.05) is 36.4 Å². The Morgan fingerprint density at radius 2 is 1.64 bits per heavy atom. The second-order valence-corrected chi connectivity index (χ2v) is 7.28. The van der Waals surface area contributed by atoms with Gasteiger partial charge < -0.3 is 10.5 Å². The molecule has 1 saturated carbocycles. The van der Waals surface area contributed by atoms with E-state index in [1.54, 1.807) is 12.1 Å². The molecule has 0 bridgehead atoms. The van der Waals surface area contributed by atoms with E-state index in [1.165, 1.54) is 18.9 Å². The molecule has 0 spiro atoms. The van der Waals surface area contributed by atoms with Gasteiger partial charge in [-0.2, -0.15) is 0 Å². The van der Waals surface area contributed by atoms with Crippen LogP contribution in [0.5, 0.6) is 5.75 Å². The number of amidine groups is 1. The predicted octanol–water partition coefficient (Wildman–Crippen LogP) is 5.91. The minimum atomic E-state index is -0.296. The number of nitrogens with one attached hydrogen (secondary N) is 1. The van der Waals surface area contributed by atoms with Crippen LogP contribution in [0.4, 0.5) is 4.39 Å². The lowest BCUT2D eigenvalue weighted by Gasteiger charge is -2.13. The molecule has 3 aromatic rings. The van der Waals surface area contributed by atoms with Gasteiger partial charge in [-0.3, -0.25) is 5.41 Å². The summed E-state index contributed by atoms with van der Waals surface area (Å²) >= 11 is 0. The molecule has 0 unspecified atom stereocenters. The number of nitrogen functional groups attached to an aromatic ring is 1. The molecule has 1 aliphatic rings. The largest absolute Gasteiger partial charge is 0.490 e. The molecule has 1 fully saturated rings. The smallest absolute Gasteiger partial charge is 0.131 e. The van der Waals surface area contributed by atoms with Crippen LogP contribution >= 0.6 is 0 Å². The van der Waals surface area contributed by atoms with E-state index in [-0.39, 0.29) is 17.8 Å². The van der Waals surface area contributed by atoms with E-state index in [0.717, 1.165) is 34.9 Å². The molecule has 0 saturated heterocycles. The minimum Gasteiger partial charge on any atom is -0.490 e. The van der Waals surface area contributed by atoms with Gasteiger partial charge in [0.1, 0.15) is 17.4 Å². The summed E-state index contributed by atoms with van der Waals surface area (Å²) in [4.78, 5) is 0. The molecule has 0 aromatic heterocycles. The zero-order valence-electron chi connectivity index (χ0n) is 15.6. The third kappa shape index (κ3) is 4.06. The fourth-order valence-corrected chi connectivity index (χ4v) is 3.67. The summed E-state index contributed by atoms with van der Waals surface area (Å²) in [5, 5.41) is 9.37.